The zero-order valence-corrected chi connectivity index (χ0v) is 11.2. The van der Waals surface area contributed by atoms with Gasteiger partial charge in [0.2, 0.25) is 15.9 Å². The van der Waals surface area contributed by atoms with E-state index in [0.29, 0.717) is 25.6 Å². The van der Waals surface area contributed by atoms with Crippen molar-refractivity contribution in [3.8, 4) is 0 Å². The molecule has 7 heteroatoms. The minimum atomic E-state index is -3.08. The van der Waals surface area contributed by atoms with Crippen LogP contribution in [0, 0.1) is 5.92 Å². The Morgan fingerprint density at radius 2 is 2.18 bits per heavy atom. The van der Waals surface area contributed by atoms with Crippen LogP contribution in [0.2, 0.25) is 0 Å². The van der Waals surface area contributed by atoms with Gasteiger partial charge in [0.15, 0.2) is 0 Å². The van der Waals surface area contributed by atoms with Crippen molar-refractivity contribution >= 4 is 15.9 Å². The molecule has 1 amide bonds. The second kappa shape index (κ2) is 6.32. The molecule has 6 nitrogen and oxygen atoms in total. The van der Waals surface area contributed by atoms with Crippen molar-refractivity contribution in [3.05, 3.63) is 0 Å². The average molecular weight is 263 g/mol. The fraction of sp³-hybridized carbons (Fsp3) is 0.900. The van der Waals surface area contributed by atoms with Crippen LogP contribution < -0.4 is 10.6 Å². The van der Waals surface area contributed by atoms with Crippen LogP contribution in [-0.4, -0.2) is 58.1 Å². The third-order valence-corrected chi connectivity index (χ3v) is 4.22. The molecule has 0 aromatic heterocycles. The molecule has 0 aromatic carbocycles. The van der Waals surface area contributed by atoms with Crippen molar-refractivity contribution in [1.82, 2.24) is 14.9 Å². The van der Waals surface area contributed by atoms with Crippen molar-refractivity contribution < 1.29 is 13.2 Å². The number of hydrogen-bond donors (Lipinski definition) is 2. The highest BCUT2D eigenvalue weighted by molar-refractivity contribution is 7.88. The molecule has 1 aliphatic rings. The third kappa shape index (κ3) is 5.01. The number of nitrogens with zero attached hydrogens (tertiary/aromatic N) is 1. The highest BCUT2D eigenvalue weighted by Crippen LogP contribution is 2.17. The van der Waals surface area contributed by atoms with Gasteiger partial charge in [-0.05, 0) is 25.3 Å². The number of hydrogen-bond acceptors (Lipinski definition) is 4. The summed E-state index contributed by atoms with van der Waals surface area (Å²) in [5.41, 5.74) is 0. The first kappa shape index (κ1) is 14.4. The molecule has 0 aromatic rings. The standard InChI is InChI=1S/C10H21N3O3S/c1-11-10(14)7-12-6-9-4-3-5-13(8-9)17(2,15)16/h9,12H,3-8H2,1-2H3,(H,11,14). The van der Waals surface area contributed by atoms with E-state index in [4.69, 9.17) is 0 Å². The molecule has 2 N–H and O–H groups in total. The van der Waals surface area contributed by atoms with E-state index in [1.165, 1.54) is 10.6 Å². The van der Waals surface area contributed by atoms with Gasteiger partial charge in [0.1, 0.15) is 0 Å². The fourth-order valence-corrected chi connectivity index (χ4v) is 2.92. The summed E-state index contributed by atoms with van der Waals surface area (Å²) in [6.07, 6.45) is 3.14. The molecule has 1 fully saturated rings. The highest BCUT2D eigenvalue weighted by atomic mass is 32.2. The van der Waals surface area contributed by atoms with Crippen LogP contribution in [0.25, 0.3) is 0 Å². The molecule has 0 aliphatic carbocycles. The summed E-state index contributed by atoms with van der Waals surface area (Å²) >= 11 is 0. The lowest BCUT2D eigenvalue weighted by atomic mass is 10.00. The third-order valence-electron chi connectivity index (χ3n) is 2.95. The smallest absolute Gasteiger partial charge is 0.233 e. The molecule has 1 atom stereocenters. The molecule has 1 aliphatic heterocycles. The average Bonchev–Trinajstić information content (AvgIpc) is 2.28. The maximum atomic E-state index is 11.4. The molecule has 0 saturated carbocycles. The molecule has 1 unspecified atom stereocenters. The van der Waals surface area contributed by atoms with Crippen LogP contribution in [0.3, 0.4) is 0 Å². The summed E-state index contributed by atoms with van der Waals surface area (Å²) in [6, 6.07) is 0. The van der Waals surface area contributed by atoms with Crippen molar-refractivity contribution in [1.29, 1.82) is 0 Å². The van der Waals surface area contributed by atoms with Crippen molar-refractivity contribution in [3.63, 3.8) is 0 Å². The summed E-state index contributed by atoms with van der Waals surface area (Å²) in [7, 11) is -1.49. The van der Waals surface area contributed by atoms with Gasteiger partial charge in [0.25, 0.3) is 0 Å². The summed E-state index contributed by atoms with van der Waals surface area (Å²) in [6.45, 7) is 2.13. The van der Waals surface area contributed by atoms with Gasteiger partial charge in [-0.25, -0.2) is 12.7 Å². The maximum absolute atomic E-state index is 11.4. The second-order valence-corrected chi connectivity index (χ2v) is 6.42. The van der Waals surface area contributed by atoms with Crippen molar-refractivity contribution in [2.75, 3.05) is 39.5 Å². The molecule has 0 radical (unpaired) electrons. The van der Waals surface area contributed by atoms with E-state index in [1.807, 2.05) is 0 Å². The number of likely N-dealkylation sites (N-methyl/N-ethyl adjacent to an activating group) is 1. The van der Waals surface area contributed by atoms with Gasteiger partial charge in [-0.15, -0.1) is 0 Å². The van der Waals surface area contributed by atoms with E-state index in [-0.39, 0.29) is 12.5 Å². The Balaban J connectivity index is 2.33. The minimum absolute atomic E-state index is 0.0548. The van der Waals surface area contributed by atoms with Crippen LogP contribution in [0.4, 0.5) is 0 Å². The Morgan fingerprint density at radius 3 is 2.76 bits per heavy atom. The summed E-state index contributed by atoms with van der Waals surface area (Å²) < 4.78 is 24.3. The summed E-state index contributed by atoms with van der Waals surface area (Å²) in [5, 5.41) is 5.57. The molecule has 17 heavy (non-hydrogen) atoms. The molecule has 1 saturated heterocycles. The van der Waals surface area contributed by atoms with Gasteiger partial charge >= 0.3 is 0 Å². The van der Waals surface area contributed by atoms with Crippen LogP contribution >= 0.6 is 0 Å². The summed E-state index contributed by atoms with van der Waals surface area (Å²) in [5.74, 6) is 0.240. The van der Waals surface area contributed by atoms with E-state index in [2.05, 4.69) is 10.6 Å². The Hall–Kier alpha value is -0.660. The van der Waals surface area contributed by atoms with Crippen LogP contribution in [0.15, 0.2) is 0 Å². The lowest BCUT2D eigenvalue weighted by Crippen LogP contribution is -2.43. The fourth-order valence-electron chi connectivity index (χ4n) is 1.97. The van der Waals surface area contributed by atoms with Gasteiger partial charge in [-0.1, -0.05) is 0 Å². The van der Waals surface area contributed by atoms with E-state index in [9.17, 15) is 13.2 Å². The van der Waals surface area contributed by atoms with E-state index >= 15 is 0 Å². The zero-order valence-electron chi connectivity index (χ0n) is 10.4. The number of rotatable bonds is 5. The number of carbonyl (C=O) groups is 1. The molecule has 100 valence electrons. The van der Waals surface area contributed by atoms with Crippen molar-refractivity contribution in [2.45, 2.75) is 12.8 Å². The predicted octanol–water partition coefficient (Wildman–Crippen LogP) is -1.01. The van der Waals surface area contributed by atoms with Gasteiger partial charge in [-0.2, -0.15) is 0 Å². The first-order chi connectivity index (χ1) is 7.93. The van der Waals surface area contributed by atoms with E-state index in [1.54, 1.807) is 7.05 Å². The molecule has 1 rings (SSSR count). The van der Waals surface area contributed by atoms with Gasteiger partial charge in [0, 0.05) is 20.1 Å². The Kier molecular flexibility index (Phi) is 5.35. The Bertz CT molecular complexity index is 356. The molecular weight excluding hydrogens is 242 g/mol. The quantitative estimate of drug-likeness (QED) is 0.666. The van der Waals surface area contributed by atoms with Crippen LogP contribution in [-0.2, 0) is 14.8 Å². The Labute approximate surface area is 103 Å². The lowest BCUT2D eigenvalue weighted by molar-refractivity contribution is -0.119. The normalized spacial score (nSPS) is 22.4. The Morgan fingerprint density at radius 1 is 1.47 bits per heavy atom. The van der Waals surface area contributed by atoms with Gasteiger partial charge in [0.05, 0.1) is 12.8 Å². The highest BCUT2D eigenvalue weighted by Gasteiger charge is 2.25. The molecule has 0 bridgehead atoms. The first-order valence-electron chi connectivity index (χ1n) is 5.80. The zero-order chi connectivity index (χ0) is 12.9. The topological polar surface area (TPSA) is 78.5 Å². The largest absolute Gasteiger partial charge is 0.358 e. The van der Waals surface area contributed by atoms with Crippen molar-refractivity contribution in [2.24, 2.45) is 5.92 Å². The molecule has 1 heterocycles. The lowest BCUT2D eigenvalue weighted by Gasteiger charge is -2.30. The number of carbonyl (C=O) groups excluding carboxylic acids is 1. The second-order valence-electron chi connectivity index (χ2n) is 4.43. The SMILES string of the molecule is CNC(=O)CNCC1CCCN(S(C)(=O)=O)C1. The van der Waals surface area contributed by atoms with Gasteiger partial charge < -0.3 is 10.6 Å². The predicted molar refractivity (Wildman–Crippen MR) is 66.1 cm³/mol. The monoisotopic (exact) mass is 263 g/mol. The number of piperidine rings is 1. The minimum Gasteiger partial charge on any atom is -0.358 e. The number of amides is 1. The van der Waals surface area contributed by atoms with E-state index < -0.39 is 10.0 Å². The maximum Gasteiger partial charge on any atom is 0.233 e. The van der Waals surface area contributed by atoms with E-state index in [0.717, 1.165) is 12.8 Å². The summed E-state index contributed by atoms with van der Waals surface area (Å²) in [4.78, 5) is 11.0. The number of sulfonamides is 1. The van der Waals surface area contributed by atoms with Gasteiger partial charge in [-0.3, -0.25) is 4.79 Å². The molecule has 0 spiro atoms. The number of nitrogens with one attached hydrogen (secondary N) is 2. The van der Waals surface area contributed by atoms with Crippen LogP contribution in [0.1, 0.15) is 12.8 Å². The molecular formula is C10H21N3O3S. The van der Waals surface area contributed by atoms with Crippen LogP contribution in [0.5, 0.6) is 0 Å². The first-order valence-corrected chi connectivity index (χ1v) is 7.64.